The van der Waals surface area contributed by atoms with Crippen LogP contribution in [0.5, 0.6) is 5.88 Å². The van der Waals surface area contributed by atoms with Crippen molar-refractivity contribution >= 4 is 36.0 Å². The summed E-state index contributed by atoms with van der Waals surface area (Å²) in [6, 6.07) is 2.55. The predicted molar refractivity (Wildman–Crippen MR) is 152 cm³/mol. The smallest absolute Gasteiger partial charge is 0.410 e. The molecular weight excluding hydrogens is 516 g/mol. The molecule has 0 spiro atoms. The number of thiophene rings is 1. The molecule has 38 heavy (non-hydrogen) atoms. The SMILES string of the molecule is CCN(C(=O)OC(C)(C)C)[C@H]1CC[C@@H](Oc2ncnc3sc4c(c23)[C@@H](CC(C#N)O[Si](C)(C)C)CC4)CC1. The summed E-state index contributed by atoms with van der Waals surface area (Å²) in [6.07, 6.45) is 7.14. The van der Waals surface area contributed by atoms with Crippen LogP contribution in [0.4, 0.5) is 4.79 Å². The summed E-state index contributed by atoms with van der Waals surface area (Å²) < 4.78 is 18.3. The number of hydrogen-bond donors (Lipinski definition) is 0. The van der Waals surface area contributed by atoms with Crippen LogP contribution in [-0.2, 0) is 15.6 Å². The van der Waals surface area contributed by atoms with E-state index in [4.69, 9.17) is 13.9 Å². The van der Waals surface area contributed by atoms with Gasteiger partial charge < -0.3 is 18.8 Å². The third kappa shape index (κ3) is 6.85. The number of amides is 1. The molecule has 208 valence electrons. The number of ether oxygens (including phenoxy) is 2. The van der Waals surface area contributed by atoms with Crippen LogP contribution in [0.15, 0.2) is 6.33 Å². The molecule has 10 heteroatoms. The second kappa shape index (κ2) is 11.5. The molecular formula is C28H42N4O4SSi. The first-order valence-electron chi connectivity index (χ1n) is 13.9. The molecule has 0 saturated heterocycles. The Kier molecular flexibility index (Phi) is 8.70. The summed E-state index contributed by atoms with van der Waals surface area (Å²) in [5, 5.41) is 10.8. The highest BCUT2D eigenvalue weighted by Crippen LogP contribution is 2.48. The molecule has 2 atom stereocenters. The summed E-state index contributed by atoms with van der Waals surface area (Å²) in [5.74, 6) is 0.901. The monoisotopic (exact) mass is 558 g/mol. The molecule has 0 radical (unpaired) electrons. The highest BCUT2D eigenvalue weighted by atomic mass is 32.1. The van der Waals surface area contributed by atoms with Crippen molar-refractivity contribution in [3.8, 4) is 11.9 Å². The van der Waals surface area contributed by atoms with Gasteiger partial charge in [0.25, 0.3) is 0 Å². The Balaban J connectivity index is 1.46. The Morgan fingerprint density at radius 2 is 1.92 bits per heavy atom. The Bertz CT molecular complexity index is 1170. The number of carbonyl (C=O) groups excluding carboxylic acids is 1. The van der Waals surface area contributed by atoms with Gasteiger partial charge in [0.1, 0.15) is 29.0 Å². The fraction of sp³-hybridized carbons (Fsp3) is 0.714. The highest BCUT2D eigenvalue weighted by molar-refractivity contribution is 7.19. The van der Waals surface area contributed by atoms with Crippen molar-refractivity contribution in [1.82, 2.24) is 14.9 Å². The van der Waals surface area contributed by atoms with Crippen LogP contribution < -0.4 is 4.74 Å². The minimum absolute atomic E-state index is 0.0409. The molecule has 0 aromatic carbocycles. The van der Waals surface area contributed by atoms with Crippen LogP contribution in [0.1, 0.15) is 82.6 Å². The van der Waals surface area contributed by atoms with Crippen molar-refractivity contribution in [2.45, 2.75) is 122 Å². The van der Waals surface area contributed by atoms with Crippen LogP contribution in [0, 0.1) is 11.3 Å². The second-order valence-corrected chi connectivity index (χ2v) is 18.0. The number of nitrogens with zero attached hydrogens (tertiary/aromatic N) is 4. The summed E-state index contributed by atoms with van der Waals surface area (Å²) in [4.78, 5) is 26.0. The molecule has 2 aromatic rings. The number of fused-ring (bicyclic) bond motifs is 3. The Morgan fingerprint density at radius 1 is 1.21 bits per heavy atom. The average molecular weight is 559 g/mol. The molecule has 0 bridgehead atoms. The standard InChI is InChI=1S/C28H42N4O4SSi/c1-8-32(27(33)35-28(2,3)4)19-10-12-20(13-11-19)34-25-24-23-18(15-21(16-29)36-38(5,6)7)9-14-22(23)37-26(24)31-17-30-25/h17-21H,8-15H2,1-7H3/t18-,19-,20+,21?/m1/s1. The van der Waals surface area contributed by atoms with Gasteiger partial charge in [-0.1, -0.05) is 0 Å². The maximum Gasteiger partial charge on any atom is 0.410 e. The fourth-order valence-corrected chi connectivity index (χ4v) is 7.90. The van der Waals surface area contributed by atoms with Crippen molar-refractivity contribution in [2.75, 3.05) is 6.54 Å². The number of rotatable bonds is 8. The zero-order valence-corrected chi connectivity index (χ0v) is 25.7. The van der Waals surface area contributed by atoms with E-state index >= 15 is 0 Å². The normalized spacial score (nSPS) is 22.5. The first-order valence-corrected chi connectivity index (χ1v) is 18.1. The van der Waals surface area contributed by atoms with E-state index in [2.05, 4.69) is 35.7 Å². The van der Waals surface area contributed by atoms with Gasteiger partial charge >= 0.3 is 6.09 Å². The van der Waals surface area contributed by atoms with Gasteiger partial charge in [0.15, 0.2) is 8.32 Å². The van der Waals surface area contributed by atoms with Crippen molar-refractivity contribution in [3.63, 3.8) is 0 Å². The van der Waals surface area contributed by atoms with Gasteiger partial charge in [0.05, 0.1) is 11.5 Å². The summed E-state index contributed by atoms with van der Waals surface area (Å²) in [5.41, 5.74) is 0.756. The number of aromatic nitrogens is 2. The highest BCUT2D eigenvalue weighted by Gasteiger charge is 2.35. The Hall–Kier alpha value is -2.22. The molecule has 2 heterocycles. The quantitative estimate of drug-likeness (QED) is 0.329. The van der Waals surface area contributed by atoms with Gasteiger partial charge in [-0.25, -0.2) is 14.8 Å². The van der Waals surface area contributed by atoms with E-state index in [-0.39, 0.29) is 24.2 Å². The maximum atomic E-state index is 12.7. The van der Waals surface area contributed by atoms with Gasteiger partial charge in [-0.3, -0.25) is 0 Å². The molecule has 4 rings (SSSR count). The minimum Gasteiger partial charge on any atom is -0.474 e. The molecule has 1 fully saturated rings. The molecule has 2 aliphatic rings. The first kappa shape index (κ1) is 28.8. The Morgan fingerprint density at radius 3 is 2.53 bits per heavy atom. The summed E-state index contributed by atoms with van der Waals surface area (Å²) >= 11 is 1.72. The van der Waals surface area contributed by atoms with Crippen LogP contribution in [0.2, 0.25) is 19.6 Å². The lowest BCUT2D eigenvalue weighted by molar-refractivity contribution is 0.00812. The van der Waals surface area contributed by atoms with Gasteiger partial charge in [-0.15, -0.1) is 11.3 Å². The van der Waals surface area contributed by atoms with Gasteiger partial charge in [0, 0.05) is 17.5 Å². The molecule has 1 saturated carbocycles. The van der Waals surface area contributed by atoms with E-state index in [1.54, 1.807) is 17.7 Å². The van der Waals surface area contributed by atoms with Crippen molar-refractivity contribution in [1.29, 1.82) is 5.26 Å². The van der Waals surface area contributed by atoms with Gasteiger partial charge in [-0.2, -0.15) is 5.26 Å². The van der Waals surface area contributed by atoms with Crippen LogP contribution in [-0.4, -0.2) is 59.7 Å². The lowest BCUT2D eigenvalue weighted by atomic mass is 9.92. The maximum absolute atomic E-state index is 12.7. The second-order valence-electron chi connectivity index (χ2n) is 12.4. The van der Waals surface area contributed by atoms with E-state index in [0.717, 1.165) is 48.7 Å². The van der Waals surface area contributed by atoms with Crippen molar-refractivity contribution in [2.24, 2.45) is 0 Å². The third-order valence-corrected chi connectivity index (χ3v) is 9.33. The van der Waals surface area contributed by atoms with E-state index in [1.807, 2.05) is 32.6 Å². The van der Waals surface area contributed by atoms with Crippen LogP contribution in [0.25, 0.3) is 10.2 Å². The molecule has 0 N–H and O–H groups in total. The first-order chi connectivity index (χ1) is 17.9. The lowest BCUT2D eigenvalue weighted by Gasteiger charge is -2.37. The third-order valence-electron chi connectivity index (χ3n) is 7.17. The fourth-order valence-electron chi connectivity index (χ4n) is 5.67. The van der Waals surface area contributed by atoms with Crippen LogP contribution >= 0.6 is 11.3 Å². The zero-order chi connectivity index (χ0) is 27.7. The van der Waals surface area contributed by atoms with Crippen LogP contribution in [0.3, 0.4) is 0 Å². The topological polar surface area (TPSA) is 97.6 Å². The van der Waals surface area contributed by atoms with E-state index in [9.17, 15) is 10.1 Å². The number of nitriles is 1. The van der Waals surface area contributed by atoms with Gasteiger partial charge in [0.2, 0.25) is 5.88 Å². The number of hydrogen-bond acceptors (Lipinski definition) is 8. The van der Waals surface area contributed by atoms with Crippen molar-refractivity contribution < 1.29 is 18.7 Å². The molecule has 2 aliphatic carbocycles. The molecule has 8 nitrogen and oxygen atoms in total. The van der Waals surface area contributed by atoms with E-state index < -0.39 is 20.0 Å². The molecule has 2 aromatic heterocycles. The summed E-state index contributed by atoms with van der Waals surface area (Å²) in [6.45, 7) is 14.7. The molecule has 1 amide bonds. The lowest BCUT2D eigenvalue weighted by Crippen LogP contribution is -2.45. The average Bonchev–Trinajstić information content (AvgIpc) is 3.38. The Labute approximate surface area is 231 Å². The number of carbonyl (C=O) groups is 1. The molecule has 0 aliphatic heterocycles. The van der Waals surface area contributed by atoms with Crippen molar-refractivity contribution in [3.05, 3.63) is 16.8 Å². The molecule has 1 unspecified atom stereocenters. The largest absolute Gasteiger partial charge is 0.474 e. The minimum atomic E-state index is -1.82. The van der Waals surface area contributed by atoms with E-state index in [1.165, 1.54) is 10.4 Å². The number of aryl methyl sites for hydroxylation is 1. The summed E-state index contributed by atoms with van der Waals surface area (Å²) in [7, 11) is -1.82. The predicted octanol–water partition coefficient (Wildman–Crippen LogP) is 6.80. The van der Waals surface area contributed by atoms with E-state index in [0.29, 0.717) is 18.8 Å². The zero-order valence-electron chi connectivity index (χ0n) is 23.9. The van der Waals surface area contributed by atoms with Gasteiger partial charge in [-0.05, 0) is 104 Å².